The molecule has 0 spiro atoms. The summed E-state index contributed by atoms with van der Waals surface area (Å²) < 4.78 is 0. The van der Waals surface area contributed by atoms with Gasteiger partial charge in [0, 0.05) is 17.6 Å². The van der Waals surface area contributed by atoms with Crippen molar-refractivity contribution in [3.8, 4) is 0 Å². The zero-order valence-corrected chi connectivity index (χ0v) is 13.4. The Morgan fingerprint density at radius 2 is 2.32 bits per heavy atom. The van der Waals surface area contributed by atoms with Crippen molar-refractivity contribution in [2.45, 2.75) is 25.8 Å². The second-order valence-corrected chi connectivity index (χ2v) is 6.75. The Morgan fingerprint density at radius 1 is 1.45 bits per heavy atom. The van der Waals surface area contributed by atoms with Crippen molar-refractivity contribution in [1.82, 2.24) is 9.88 Å². The number of piperidine rings is 1. The van der Waals surface area contributed by atoms with Crippen LogP contribution in [0.5, 0.6) is 0 Å². The highest BCUT2D eigenvalue weighted by atomic mass is 32.1. The number of carboxylic acids is 1. The summed E-state index contributed by atoms with van der Waals surface area (Å²) in [5.41, 5.74) is 2.25. The fraction of sp³-hybridized carbons (Fsp3) is 0.412. The van der Waals surface area contributed by atoms with Gasteiger partial charge in [0.1, 0.15) is 0 Å². The Kier molecular flexibility index (Phi) is 4.55. The first-order valence-corrected chi connectivity index (χ1v) is 8.46. The molecule has 2 aromatic heterocycles. The molecular formula is C17H20N2O2S. The van der Waals surface area contributed by atoms with Crippen LogP contribution >= 0.6 is 11.3 Å². The monoisotopic (exact) mass is 316 g/mol. The molecule has 4 nitrogen and oxygen atoms in total. The first kappa shape index (κ1) is 15.2. The molecule has 2 atom stereocenters. The van der Waals surface area contributed by atoms with Crippen LogP contribution in [0, 0.1) is 12.8 Å². The van der Waals surface area contributed by atoms with E-state index in [-0.39, 0.29) is 12.0 Å². The minimum absolute atomic E-state index is 0.0587. The highest BCUT2D eigenvalue weighted by Gasteiger charge is 2.32. The zero-order valence-electron chi connectivity index (χ0n) is 12.6. The average molecular weight is 316 g/mol. The number of pyridine rings is 1. The lowest BCUT2D eigenvalue weighted by Crippen LogP contribution is -2.41. The maximum absolute atomic E-state index is 11.4. The summed E-state index contributed by atoms with van der Waals surface area (Å²) in [6, 6.07) is 8.13. The molecule has 3 rings (SSSR count). The molecule has 2 unspecified atom stereocenters. The number of rotatable bonds is 4. The largest absolute Gasteiger partial charge is 0.481 e. The summed E-state index contributed by atoms with van der Waals surface area (Å²) in [4.78, 5) is 19.5. The highest BCUT2D eigenvalue weighted by molar-refractivity contribution is 7.10. The van der Waals surface area contributed by atoms with E-state index >= 15 is 0 Å². The lowest BCUT2D eigenvalue weighted by atomic mass is 9.95. The van der Waals surface area contributed by atoms with E-state index in [4.69, 9.17) is 0 Å². The molecule has 3 heterocycles. The Bertz CT molecular complexity index is 641. The first-order chi connectivity index (χ1) is 10.7. The molecule has 116 valence electrons. The van der Waals surface area contributed by atoms with Gasteiger partial charge in [0.15, 0.2) is 0 Å². The van der Waals surface area contributed by atoms with Gasteiger partial charge in [-0.3, -0.25) is 14.7 Å². The third-order valence-corrected chi connectivity index (χ3v) is 5.36. The summed E-state index contributed by atoms with van der Waals surface area (Å²) >= 11 is 1.73. The number of aryl methyl sites for hydroxylation is 1. The van der Waals surface area contributed by atoms with E-state index < -0.39 is 5.97 Å². The molecule has 1 aliphatic heterocycles. The lowest BCUT2D eigenvalue weighted by Gasteiger charge is -2.36. The van der Waals surface area contributed by atoms with Crippen molar-refractivity contribution in [3.05, 3.63) is 52.0 Å². The second-order valence-electron chi connectivity index (χ2n) is 5.80. The normalized spacial score (nSPS) is 20.7. The van der Waals surface area contributed by atoms with Crippen molar-refractivity contribution in [2.75, 3.05) is 13.1 Å². The number of aliphatic carboxylic acids is 1. The van der Waals surface area contributed by atoms with Gasteiger partial charge >= 0.3 is 5.97 Å². The van der Waals surface area contributed by atoms with E-state index in [0.29, 0.717) is 6.54 Å². The zero-order chi connectivity index (χ0) is 15.5. The van der Waals surface area contributed by atoms with Gasteiger partial charge in [0.2, 0.25) is 0 Å². The predicted octanol–water partition coefficient (Wildman–Crippen LogP) is 3.34. The van der Waals surface area contributed by atoms with Gasteiger partial charge in [-0.2, -0.15) is 0 Å². The number of likely N-dealkylation sites (tertiary alicyclic amines) is 1. The summed E-state index contributed by atoms with van der Waals surface area (Å²) in [5, 5.41) is 11.5. The standard InChI is InChI=1S/C17H20N2O2S/c1-12-7-10-22-16(12)15(14-6-2-3-8-18-14)19-9-4-5-13(11-19)17(20)21/h2-3,6-8,10,13,15H,4-5,9,11H2,1H3,(H,20,21). The van der Waals surface area contributed by atoms with Crippen molar-refractivity contribution >= 4 is 17.3 Å². The van der Waals surface area contributed by atoms with Crippen LogP contribution in [0.2, 0.25) is 0 Å². The maximum Gasteiger partial charge on any atom is 0.307 e. The summed E-state index contributed by atoms with van der Waals surface area (Å²) in [5.74, 6) is -0.965. The molecule has 2 aromatic rings. The van der Waals surface area contributed by atoms with E-state index in [0.717, 1.165) is 25.1 Å². The highest BCUT2D eigenvalue weighted by Crippen LogP contribution is 2.35. The number of hydrogen-bond acceptors (Lipinski definition) is 4. The van der Waals surface area contributed by atoms with Crippen LogP contribution in [-0.4, -0.2) is 34.0 Å². The van der Waals surface area contributed by atoms with Crippen molar-refractivity contribution < 1.29 is 9.90 Å². The van der Waals surface area contributed by atoms with Gasteiger partial charge in [0.25, 0.3) is 0 Å². The number of carboxylic acid groups (broad SMARTS) is 1. The summed E-state index contributed by atoms with van der Waals surface area (Å²) in [6.45, 7) is 3.62. The van der Waals surface area contributed by atoms with Crippen LogP contribution in [0.4, 0.5) is 0 Å². The van der Waals surface area contributed by atoms with Crippen molar-refractivity contribution in [2.24, 2.45) is 5.92 Å². The third-order valence-electron chi connectivity index (χ3n) is 4.29. The predicted molar refractivity (Wildman–Crippen MR) is 87.1 cm³/mol. The molecule has 0 aromatic carbocycles. The van der Waals surface area contributed by atoms with E-state index in [2.05, 4.69) is 28.3 Å². The smallest absolute Gasteiger partial charge is 0.307 e. The van der Waals surface area contributed by atoms with Gasteiger partial charge in [-0.15, -0.1) is 11.3 Å². The van der Waals surface area contributed by atoms with Crippen LogP contribution in [0.15, 0.2) is 35.8 Å². The van der Waals surface area contributed by atoms with Crippen molar-refractivity contribution in [3.63, 3.8) is 0 Å². The minimum Gasteiger partial charge on any atom is -0.481 e. The number of aromatic nitrogens is 1. The molecule has 0 bridgehead atoms. The Morgan fingerprint density at radius 3 is 2.95 bits per heavy atom. The summed E-state index contributed by atoms with van der Waals surface area (Å²) in [6.07, 6.45) is 3.50. The van der Waals surface area contributed by atoms with Gasteiger partial charge < -0.3 is 5.11 Å². The topological polar surface area (TPSA) is 53.4 Å². The SMILES string of the molecule is Cc1ccsc1C(c1ccccn1)N1CCCC(C(=O)O)C1. The fourth-order valence-electron chi connectivity index (χ4n) is 3.13. The van der Waals surface area contributed by atoms with Crippen LogP contribution in [0.25, 0.3) is 0 Å². The van der Waals surface area contributed by atoms with Crippen LogP contribution in [0.3, 0.4) is 0 Å². The first-order valence-electron chi connectivity index (χ1n) is 7.58. The van der Waals surface area contributed by atoms with E-state index in [1.54, 1.807) is 11.3 Å². The average Bonchev–Trinajstić information content (AvgIpc) is 2.95. The van der Waals surface area contributed by atoms with E-state index in [1.807, 2.05) is 24.4 Å². The Hall–Kier alpha value is -1.72. The Labute approximate surface area is 134 Å². The van der Waals surface area contributed by atoms with Crippen LogP contribution < -0.4 is 0 Å². The molecule has 0 amide bonds. The van der Waals surface area contributed by atoms with E-state index in [1.165, 1.54) is 10.4 Å². The van der Waals surface area contributed by atoms with Gasteiger partial charge in [0.05, 0.1) is 17.7 Å². The number of nitrogens with zero attached hydrogens (tertiary/aromatic N) is 2. The van der Waals surface area contributed by atoms with Crippen molar-refractivity contribution in [1.29, 1.82) is 0 Å². The van der Waals surface area contributed by atoms with Crippen LogP contribution in [-0.2, 0) is 4.79 Å². The molecule has 0 saturated carbocycles. The molecule has 1 fully saturated rings. The van der Waals surface area contributed by atoms with Gasteiger partial charge in [-0.1, -0.05) is 6.07 Å². The lowest BCUT2D eigenvalue weighted by molar-refractivity contribution is -0.143. The second kappa shape index (κ2) is 6.58. The minimum atomic E-state index is -0.688. The Balaban J connectivity index is 1.95. The van der Waals surface area contributed by atoms with Gasteiger partial charge in [-0.25, -0.2) is 0 Å². The molecule has 5 heteroatoms. The molecule has 1 saturated heterocycles. The number of carbonyl (C=O) groups is 1. The quantitative estimate of drug-likeness (QED) is 0.940. The third kappa shape index (κ3) is 3.05. The number of hydrogen-bond donors (Lipinski definition) is 1. The number of thiophene rings is 1. The van der Waals surface area contributed by atoms with Crippen LogP contribution in [0.1, 0.15) is 35.0 Å². The molecule has 22 heavy (non-hydrogen) atoms. The summed E-state index contributed by atoms with van der Waals surface area (Å²) in [7, 11) is 0. The molecule has 0 aliphatic carbocycles. The van der Waals surface area contributed by atoms with E-state index in [9.17, 15) is 9.90 Å². The molecule has 0 radical (unpaired) electrons. The fourth-order valence-corrected chi connectivity index (χ4v) is 4.20. The molecule has 1 N–H and O–H groups in total. The molecule has 1 aliphatic rings. The molecular weight excluding hydrogens is 296 g/mol. The maximum atomic E-state index is 11.4. The van der Waals surface area contributed by atoms with Gasteiger partial charge in [-0.05, 0) is 55.5 Å².